The van der Waals surface area contributed by atoms with Crippen LogP contribution in [0.5, 0.6) is 17.2 Å². The summed E-state index contributed by atoms with van der Waals surface area (Å²) in [5.74, 6) is -4.93. The number of hydrogen-bond donors (Lipinski definition) is 2. The average Bonchev–Trinajstić information content (AvgIpc) is 3.89. The zero-order valence-corrected chi connectivity index (χ0v) is 28.3. The maximum Gasteiger partial charge on any atom is 0.416 e. The summed E-state index contributed by atoms with van der Waals surface area (Å²) in [7, 11) is 2.74. The first-order valence-electron chi connectivity index (χ1n) is 15.9. The van der Waals surface area contributed by atoms with Gasteiger partial charge in [-0.2, -0.15) is 22.0 Å². The Bertz CT molecular complexity index is 2230. The van der Waals surface area contributed by atoms with Crippen LogP contribution in [0.4, 0.5) is 33.3 Å². The summed E-state index contributed by atoms with van der Waals surface area (Å²) in [5, 5.41) is 5.29. The maximum atomic E-state index is 14.6. The lowest BCUT2D eigenvalue weighted by Crippen LogP contribution is -2.35. The number of hydrogen-bond acceptors (Lipinski definition) is 9. The Morgan fingerprint density at radius 2 is 1.26 bits per heavy atom. The van der Waals surface area contributed by atoms with Crippen molar-refractivity contribution in [3.8, 4) is 39.9 Å². The highest BCUT2D eigenvalue weighted by atomic mass is 19.4. The minimum atomic E-state index is -4.97. The molecule has 0 aliphatic rings. The molecule has 2 unspecified atom stereocenters. The van der Waals surface area contributed by atoms with Gasteiger partial charge in [-0.25, -0.2) is 9.97 Å². The van der Waals surface area contributed by atoms with Crippen molar-refractivity contribution in [1.29, 1.82) is 0 Å². The molecule has 2 amide bonds. The molecule has 2 aromatic heterocycles. The van der Waals surface area contributed by atoms with Crippen molar-refractivity contribution in [3.63, 3.8) is 0 Å². The highest BCUT2D eigenvalue weighted by Crippen LogP contribution is 2.43. The number of oxazole rings is 2. The van der Waals surface area contributed by atoms with Gasteiger partial charge < -0.3 is 33.7 Å². The Morgan fingerprint density at radius 1 is 0.704 bits per heavy atom. The summed E-state index contributed by atoms with van der Waals surface area (Å²) < 4.78 is 96.8. The van der Waals surface area contributed by atoms with E-state index in [4.69, 9.17) is 18.3 Å². The standard InChI is InChI=1S/C38H29F5N4O7/c1-50-29-15-22(10-12-26(29)31-17-44-19-52-31)46-35(48)33(21-6-5-7-24(14-21)54-37(39)40)34(25-8-3-4-9-28(25)38(41,42)43)36(49)47-23-11-13-27(30(16-23)51-2)32-18-45-20-53-32/h3-20,33-34,37H,1-2H3,(H,46,48)(H,47,49). The van der Waals surface area contributed by atoms with Gasteiger partial charge >= 0.3 is 12.8 Å². The summed E-state index contributed by atoms with van der Waals surface area (Å²) in [6.07, 6.45) is 0.334. The zero-order valence-electron chi connectivity index (χ0n) is 28.3. The average molecular weight is 749 g/mol. The van der Waals surface area contributed by atoms with E-state index in [0.717, 1.165) is 24.3 Å². The van der Waals surface area contributed by atoms with Gasteiger partial charge in [-0.1, -0.05) is 30.3 Å². The molecule has 6 rings (SSSR count). The lowest BCUT2D eigenvalue weighted by molar-refractivity contribution is -0.139. The third-order valence-corrected chi connectivity index (χ3v) is 8.28. The summed E-state index contributed by atoms with van der Waals surface area (Å²) in [4.78, 5) is 36.8. The van der Waals surface area contributed by atoms with Crippen molar-refractivity contribution < 1.29 is 54.6 Å². The molecule has 2 heterocycles. The van der Waals surface area contributed by atoms with E-state index in [1.807, 2.05) is 0 Å². The van der Waals surface area contributed by atoms with Gasteiger partial charge in [0.25, 0.3) is 0 Å². The molecular weight excluding hydrogens is 719 g/mol. The van der Waals surface area contributed by atoms with Gasteiger partial charge in [-0.05, 0) is 53.6 Å². The van der Waals surface area contributed by atoms with Crippen LogP contribution in [-0.4, -0.2) is 42.6 Å². The summed E-state index contributed by atoms with van der Waals surface area (Å²) in [5.41, 5.74) is -0.707. The fourth-order valence-corrected chi connectivity index (χ4v) is 5.96. The number of alkyl halides is 5. The summed E-state index contributed by atoms with van der Waals surface area (Å²) in [6.45, 7) is -3.26. The second-order valence-electron chi connectivity index (χ2n) is 11.5. The highest BCUT2D eigenvalue weighted by Gasteiger charge is 2.43. The second kappa shape index (κ2) is 15.9. The molecule has 11 nitrogen and oxygen atoms in total. The molecule has 0 spiro atoms. The van der Waals surface area contributed by atoms with Crippen LogP contribution in [0.3, 0.4) is 0 Å². The van der Waals surface area contributed by atoms with Gasteiger partial charge in [-0.3, -0.25) is 9.59 Å². The van der Waals surface area contributed by atoms with E-state index in [1.165, 1.54) is 87.9 Å². The Morgan fingerprint density at radius 3 is 1.76 bits per heavy atom. The minimum absolute atomic E-state index is 0.0938. The third kappa shape index (κ3) is 8.17. The van der Waals surface area contributed by atoms with Crippen molar-refractivity contribution in [2.24, 2.45) is 0 Å². The number of nitrogens with zero attached hydrogens (tertiary/aromatic N) is 2. The summed E-state index contributed by atoms with van der Waals surface area (Å²) >= 11 is 0. The van der Waals surface area contributed by atoms with Crippen LogP contribution >= 0.6 is 0 Å². The van der Waals surface area contributed by atoms with Crippen LogP contribution in [0.25, 0.3) is 22.6 Å². The number of nitrogens with one attached hydrogen (secondary N) is 2. The number of halogens is 5. The van der Waals surface area contributed by atoms with Gasteiger partial charge in [0.1, 0.15) is 17.2 Å². The second-order valence-corrected chi connectivity index (χ2v) is 11.5. The normalized spacial score (nSPS) is 12.5. The first kappa shape index (κ1) is 37.1. The molecule has 2 atom stereocenters. The predicted octanol–water partition coefficient (Wildman–Crippen LogP) is 8.78. The molecule has 0 radical (unpaired) electrons. The highest BCUT2D eigenvalue weighted by molar-refractivity contribution is 6.05. The Labute approximate surface area is 303 Å². The molecule has 54 heavy (non-hydrogen) atoms. The number of methoxy groups -OCH3 is 2. The van der Waals surface area contributed by atoms with E-state index in [0.29, 0.717) is 22.6 Å². The number of rotatable bonds is 13. The van der Waals surface area contributed by atoms with Crippen molar-refractivity contribution in [2.45, 2.75) is 24.6 Å². The number of ether oxygens (including phenoxy) is 3. The molecular formula is C38H29F5N4O7. The van der Waals surface area contributed by atoms with Crippen LogP contribution in [-0.2, 0) is 15.8 Å². The fourth-order valence-electron chi connectivity index (χ4n) is 5.96. The monoisotopic (exact) mass is 748 g/mol. The molecule has 0 saturated carbocycles. The lowest BCUT2D eigenvalue weighted by atomic mass is 9.78. The summed E-state index contributed by atoms with van der Waals surface area (Å²) in [6, 6.07) is 18.0. The van der Waals surface area contributed by atoms with E-state index >= 15 is 0 Å². The first-order valence-corrected chi connectivity index (χ1v) is 15.9. The van der Waals surface area contributed by atoms with Crippen molar-refractivity contribution in [3.05, 3.63) is 127 Å². The molecule has 0 aliphatic heterocycles. The number of amides is 2. The van der Waals surface area contributed by atoms with E-state index in [1.54, 1.807) is 12.1 Å². The van der Waals surface area contributed by atoms with E-state index in [2.05, 4.69) is 25.3 Å². The molecule has 0 bridgehead atoms. The zero-order chi connectivity index (χ0) is 38.4. The minimum Gasteiger partial charge on any atom is -0.496 e. The third-order valence-electron chi connectivity index (χ3n) is 8.28. The van der Waals surface area contributed by atoms with Crippen molar-refractivity contribution >= 4 is 23.2 Å². The van der Waals surface area contributed by atoms with Crippen LogP contribution in [0.15, 0.2) is 119 Å². The first-order chi connectivity index (χ1) is 26.0. The lowest BCUT2D eigenvalue weighted by Gasteiger charge is -2.29. The largest absolute Gasteiger partial charge is 0.496 e. The molecule has 278 valence electrons. The number of carbonyl (C=O) groups excluding carboxylic acids is 2. The van der Waals surface area contributed by atoms with Crippen LogP contribution in [0.1, 0.15) is 28.5 Å². The number of benzene rings is 4. The topological polar surface area (TPSA) is 138 Å². The van der Waals surface area contributed by atoms with Crippen molar-refractivity contribution in [2.75, 3.05) is 24.9 Å². The number of anilines is 2. The van der Waals surface area contributed by atoms with Crippen LogP contribution in [0.2, 0.25) is 0 Å². The fraction of sp³-hybridized carbons (Fsp3) is 0.158. The molecule has 4 aromatic carbocycles. The van der Waals surface area contributed by atoms with Gasteiger partial charge in [0.2, 0.25) is 11.8 Å². The molecule has 0 fully saturated rings. The quantitative estimate of drug-likeness (QED) is 0.111. The van der Waals surface area contributed by atoms with Gasteiger partial charge in [-0.15, -0.1) is 0 Å². The number of carbonyl (C=O) groups is 2. The van der Waals surface area contributed by atoms with Crippen LogP contribution in [0, 0.1) is 0 Å². The van der Waals surface area contributed by atoms with Gasteiger partial charge in [0.15, 0.2) is 24.3 Å². The molecule has 2 N–H and O–H groups in total. The maximum absolute atomic E-state index is 14.6. The Balaban J connectivity index is 1.47. The SMILES string of the molecule is COc1cc(NC(=O)C(c2cccc(OC(F)F)c2)C(C(=O)Nc2ccc(-c3cnco3)c(OC)c2)c2ccccc2C(F)(F)F)ccc1-c1cnco1. The number of aromatic nitrogens is 2. The van der Waals surface area contributed by atoms with E-state index in [-0.39, 0.29) is 28.4 Å². The predicted molar refractivity (Wildman–Crippen MR) is 184 cm³/mol. The van der Waals surface area contributed by atoms with E-state index in [9.17, 15) is 31.5 Å². The Kier molecular flexibility index (Phi) is 10.9. The Hall–Kier alpha value is -6.71. The van der Waals surface area contributed by atoms with Gasteiger partial charge in [0.05, 0.1) is 55.1 Å². The van der Waals surface area contributed by atoms with Crippen molar-refractivity contribution in [1.82, 2.24) is 9.97 Å². The smallest absolute Gasteiger partial charge is 0.416 e. The molecule has 16 heteroatoms. The molecule has 0 saturated heterocycles. The van der Waals surface area contributed by atoms with E-state index < -0.39 is 53.3 Å². The van der Waals surface area contributed by atoms with Gasteiger partial charge in [0, 0.05) is 23.5 Å². The van der Waals surface area contributed by atoms with Crippen LogP contribution < -0.4 is 24.8 Å². The molecule has 0 aliphatic carbocycles. The molecule has 6 aromatic rings.